The minimum absolute atomic E-state index is 0.0670. The van der Waals surface area contributed by atoms with Crippen LogP contribution in [0.2, 0.25) is 0 Å². The molecule has 0 fully saturated rings. The van der Waals surface area contributed by atoms with E-state index in [0.717, 1.165) is 11.4 Å². The number of nitrogens with zero attached hydrogens (tertiary/aromatic N) is 1. The molecule has 1 N–H and O–H groups in total. The van der Waals surface area contributed by atoms with Gasteiger partial charge in [0.2, 0.25) is 7.28 Å². The van der Waals surface area contributed by atoms with E-state index in [1.54, 1.807) is 0 Å². The van der Waals surface area contributed by atoms with Gasteiger partial charge in [0.25, 0.3) is 0 Å². The Morgan fingerprint density at radius 3 is 1.75 bits per heavy atom. The SMILES string of the molecule is Cc1cc2c(cc1N1c3cc4ccccc4c(-c4cc5ccccc5cc4Nc4ccc(C(C)(C)C)cc4)c3[B]c3sc4cc5c(cc4c31)C(C)(C)CCC5(C)C)C(C)(C)CCC2(C)C. The molecule has 4 heteroatoms. The maximum atomic E-state index is 3.98. The second kappa shape index (κ2) is 14.3. The van der Waals surface area contributed by atoms with Gasteiger partial charge < -0.3 is 10.2 Å². The van der Waals surface area contributed by atoms with Crippen molar-refractivity contribution in [2.24, 2.45) is 0 Å². The predicted molar refractivity (Wildman–Crippen MR) is 286 cm³/mol. The average Bonchev–Trinajstić information content (AvgIpc) is 3.62. The molecule has 0 bridgehead atoms. The molecule has 2 heterocycles. The number of fused-ring (bicyclic) bond motifs is 8. The van der Waals surface area contributed by atoms with E-state index in [0.29, 0.717) is 0 Å². The minimum atomic E-state index is 0.0670. The summed E-state index contributed by atoms with van der Waals surface area (Å²) >= 11 is 1.98. The first-order valence-corrected chi connectivity index (χ1v) is 24.9. The van der Waals surface area contributed by atoms with Crippen LogP contribution in [0, 0.1) is 6.92 Å². The normalized spacial score (nSPS) is 17.9. The zero-order chi connectivity index (χ0) is 45.6. The van der Waals surface area contributed by atoms with Crippen molar-refractivity contribution in [3.05, 3.63) is 149 Å². The Labute approximate surface area is 392 Å². The van der Waals surface area contributed by atoms with Crippen LogP contribution >= 0.6 is 11.3 Å². The third-order valence-corrected chi connectivity index (χ3v) is 17.2. The first-order valence-electron chi connectivity index (χ1n) is 24.1. The molecule has 0 amide bonds. The number of thiophene rings is 1. The van der Waals surface area contributed by atoms with Crippen LogP contribution in [0.15, 0.2) is 115 Å². The van der Waals surface area contributed by atoms with Crippen molar-refractivity contribution in [2.75, 3.05) is 10.2 Å². The third-order valence-electron chi connectivity index (χ3n) is 16.1. The van der Waals surface area contributed by atoms with Gasteiger partial charge in [-0.15, -0.1) is 11.3 Å². The van der Waals surface area contributed by atoms with Crippen LogP contribution < -0.4 is 20.5 Å². The van der Waals surface area contributed by atoms with Crippen LogP contribution in [0.1, 0.15) is 135 Å². The Hall–Kier alpha value is -5.32. The summed E-state index contributed by atoms with van der Waals surface area (Å²) in [6.07, 6.45) is 4.76. The fourth-order valence-corrected chi connectivity index (χ4v) is 12.8. The molecule has 2 nitrogen and oxygen atoms in total. The summed E-state index contributed by atoms with van der Waals surface area (Å²) in [6, 6.07) is 44.7. The molecule has 0 spiro atoms. The van der Waals surface area contributed by atoms with E-state index >= 15 is 0 Å². The Kier molecular flexibility index (Phi) is 9.34. The Bertz CT molecular complexity index is 3260. The van der Waals surface area contributed by atoms with Crippen molar-refractivity contribution in [1.82, 2.24) is 0 Å². The summed E-state index contributed by atoms with van der Waals surface area (Å²) in [5.41, 5.74) is 19.0. The summed E-state index contributed by atoms with van der Waals surface area (Å²) in [6.45, 7) is 28.9. The van der Waals surface area contributed by atoms with E-state index in [1.165, 1.54) is 129 Å². The van der Waals surface area contributed by atoms with Gasteiger partial charge in [-0.05, 0) is 179 Å². The first kappa shape index (κ1) is 42.3. The zero-order valence-corrected chi connectivity index (χ0v) is 41.5. The van der Waals surface area contributed by atoms with Crippen LogP contribution in [0.4, 0.5) is 28.4 Å². The molecule has 0 saturated carbocycles. The standard InChI is InChI=1S/C61H64BN2S/c1-36-29-45-47(60(9,10)27-25-58(45,5)6)34-50(36)64-51-32-39-19-15-16-20-42(39)53(43-30-37-17-13-14-18-38(37)31-49(43)63-41-23-21-40(22-24-41)57(2,3)4)54(51)62-56-55(64)44-33-46-48(35-52(44)65-56)61(11,12)28-26-59(46,7)8/h13-24,29-35,63H,25-28H2,1-12H3. The molecule has 0 atom stereocenters. The van der Waals surface area contributed by atoms with E-state index in [9.17, 15) is 0 Å². The molecule has 1 aliphatic heterocycles. The number of hydrogen-bond acceptors (Lipinski definition) is 3. The van der Waals surface area contributed by atoms with Crippen molar-refractivity contribution >= 4 is 88.9 Å². The molecule has 0 unspecified atom stereocenters. The smallest absolute Gasteiger partial charge is 0.211 e. The van der Waals surface area contributed by atoms with Gasteiger partial charge in [-0.2, -0.15) is 0 Å². The van der Waals surface area contributed by atoms with Gasteiger partial charge in [0.15, 0.2) is 0 Å². The summed E-state index contributed by atoms with van der Waals surface area (Å²) < 4.78 is 2.70. The summed E-state index contributed by atoms with van der Waals surface area (Å²) in [5.74, 6) is 0. The highest BCUT2D eigenvalue weighted by molar-refractivity contribution is 7.29. The van der Waals surface area contributed by atoms with Crippen molar-refractivity contribution in [3.8, 4) is 11.1 Å². The summed E-state index contributed by atoms with van der Waals surface area (Å²) in [7, 11) is 2.56. The Morgan fingerprint density at radius 2 is 1.12 bits per heavy atom. The molecule has 11 rings (SSSR count). The monoisotopic (exact) mass is 867 g/mol. The van der Waals surface area contributed by atoms with Gasteiger partial charge >= 0.3 is 0 Å². The molecule has 7 aromatic carbocycles. The number of aryl methyl sites for hydroxylation is 1. The van der Waals surface area contributed by atoms with Gasteiger partial charge in [0.05, 0.1) is 5.69 Å². The molecule has 65 heavy (non-hydrogen) atoms. The largest absolute Gasteiger partial charge is 0.355 e. The molecular formula is C61H64BN2S. The lowest BCUT2D eigenvalue weighted by atomic mass is 9.60. The number of rotatable bonds is 4. The molecule has 327 valence electrons. The topological polar surface area (TPSA) is 15.3 Å². The van der Waals surface area contributed by atoms with Crippen molar-refractivity contribution in [2.45, 2.75) is 136 Å². The van der Waals surface area contributed by atoms with Gasteiger partial charge in [0.1, 0.15) is 0 Å². The fraction of sp³-hybridized carbons (Fsp3) is 0.344. The summed E-state index contributed by atoms with van der Waals surface area (Å²) in [5, 5.41) is 10.3. The zero-order valence-electron chi connectivity index (χ0n) is 40.7. The Morgan fingerprint density at radius 1 is 0.569 bits per heavy atom. The molecule has 8 aromatic rings. The highest BCUT2D eigenvalue weighted by atomic mass is 32.1. The quantitative estimate of drug-likeness (QED) is 0.177. The van der Waals surface area contributed by atoms with E-state index < -0.39 is 0 Å². The van der Waals surface area contributed by atoms with Crippen molar-refractivity contribution < 1.29 is 0 Å². The van der Waals surface area contributed by atoms with Gasteiger partial charge in [-0.1, -0.05) is 143 Å². The van der Waals surface area contributed by atoms with Crippen LogP contribution in [-0.2, 0) is 27.1 Å². The summed E-state index contributed by atoms with van der Waals surface area (Å²) in [4.78, 5) is 2.71. The van der Waals surface area contributed by atoms with E-state index in [4.69, 9.17) is 0 Å². The first-order chi connectivity index (χ1) is 30.7. The highest BCUT2D eigenvalue weighted by Gasteiger charge is 2.42. The number of benzene rings is 7. The lowest BCUT2D eigenvalue weighted by molar-refractivity contribution is 0.332. The van der Waals surface area contributed by atoms with Crippen LogP contribution in [0.25, 0.3) is 42.8 Å². The predicted octanol–water partition coefficient (Wildman–Crippen LogP) is 16.4. The van der Waals surface area contributed by atoms with Crippen LogP contribution in [0.3, 0.4) is 0 Å². The Balaban J connectivity index is 1.22. The number of nitrogens with one attached hydrogen (secondary N) is 1. The minimum Gasteiger partial charge on any atom is -0.355 e. The third kappa shape index (κ3) is 6.79. The van der Waals surface area contributed by atoms with Gasteiger partial charge in [-0.25, -0.2) is 0 Å². The highest BCUT2D eigenvalue weighted by Crippen LogP contribution is 2.54. The average molecular weight is 868 g/mol. The van der Waals surface area contributed by atoms with E-state index in [-0.39, 0.29) is 27.1 Å². The molecule has 1 radical (unpaired) electrons. The van der Waals surface area contributed by atoms with Crippen molar-refractivity contribution in [3.63, 3.8) is 0 Å². The fourth-order valence-electron chi connectivity index (χ4n) is 11.7. The van der Waals surface area contributed by atoms with Crippen LogP contribution in [0.5, 0.6) is 0 Å². The maximum absolute atomic E-state index is 3.98. The maximum Gasteiger partial charge on any atom is 0.211 e. The lowest BCUT2D eigenvalue weighted by Gasteiger charge is -2.44. The molecule has 3 aliphatic rings. The molecular weight excluding hydrogens is 804 g/mol. The van der Waals surface area contributed by atoms with Crippen molar-refractivity contribution in [1.29, 1.82) is 0 Å². The van der Waals surface area contributed by atoms with E-state index in [1.807, 2.05) is 11.3 Å². The number of anilines is 5. The molecule has 2 aliphatic carbocycles. The van der Waals surface area contributed by atoms with Gasteiger partial charge in [0, 0.05) is 38.4 Å². The second-order valence-corrected chi connectivity index (χ2v) is 24.6. The number of hydrogen-bond donors (Lipinski definition) is 1. The second-order valence-electron chi connectivity index (χ2n) is 23.5. The van der Waals surface area contributed by atoms with Crippen LogP contribution in [-0.4, -0.2) is 7.28 Å². The van der Waals surface area contributed by atoms with E-state index in [2.05, 4.69) is 216 Å². The lowest BCUT2D eigenvalue weighted by Crippen LogP contribution is -2.40. The molecule has 0 saturated heterocycles. The van der Waals surface area contributed by atoms with Gasteiger partial charge in [-0.3, -0.25) is 0 Å². The molecule has 1 aromatic heterocycles.